The normalized spacial score (nSPS) is 17.6. The van der Waals surface area contributed by atoms with Crippen molar-refractivity contribution in [1.29, 1.82) is 0 Å². The van der Waals surface area contributed by atoms with E-state index in [-0.39, 0.29) is 6.54 Å². The average molecular weight is 417 g/mol. The minimum atomic E-state index is -3.66. The van der Waals surface area contributed by atoms with Crippen LogP contribution in [0.15, 0.2) is 22.0 Å². The van der Waals surface area contributed by atoms with Gasteiger partial charge in [0.1, 0.15) is 22.5 Å². The van der Waals surface area contributed by atoms with Crippen molar-refractivity contribution in [3.63, 3.8) is 0 Å². The van der Waals surface area contributed by atoms with Crippen LogP contribution < -0.4 is 0 Å². The van der Waals surface area contributed by atoms with Crippen molar-refractivity contribution in [2.24, 2.45) is 13.0 Å². The van der Waals surface area contributed by atoms with Gasteiger partial charge in [-0.05, 0) is 32.6 Å². The predicted octanol–water partition coefficient (Wildman–Crippen LogP) is 2.05. The molecule has 29 heavy (non-hydrogen) atoms. The van der Waals surface area contributed by atoms with Crippen molar-refractivity contribution in [2.45, 2.75) is 51.1 Å². The molecule has 2 aliphatic rings. The Bertz CT molecular complexity index is 1170. The van der Waals surface area contributed by atoms with Gasteiger partial charge in [-0.3, -0.25) is 9.36 Å². The molecule has 1 fully saturated rings. The standard InChI is InChI=1S/C19H24N6O3S/c1-12-19(13(2)23(3)21-12)29(26,27)24-7-6-17-15(9-24)18(16-10-28-11-20-16)22-25(17)8-14-4-5-14/h10-11,14H,4-9H2,1-3H3. The summed E-state index contributed by atoms with van der Waals surface area (Å²) in [6, 6.07) is 0. The van der Waals surface area contributed by atoms with Gasteiger partial charge in [0, 0.05) is 44.4 Å². The van der Waals surface area contributed by atoms with E-state index >= 15 is 0 Å². The van der Waals surface area contributed by atoms with Gasteiger partial charge in [-0.15, -0.1) is 0 Å². The number of hydrogen-bond acceptors (Lipinski definition) is 6. The van der Waals surface area contributed by atoms with Crippen LogP contribution in [-0.4, -0.2) is 43.8 Å². The zero-order valence-corrected chi connectivity index (χ0v) is 17.6. The van der Waals surface area contributed by atoms with Crippen molar-refractivity contribution in [1.82, 2.24) is 28.9 Å². The molecule has 154 valence electrons. The average Bonchev–Trinajstić information content (AvgIpc) is 3.09. The lowest BCUT2D eigenvalue weighted by Crippen LogP contribution is -2.37. The molecule has 3 aromatic heterocycles. The fourth-order valence-electron chi connectivity index (χ4n) is 4.16. The highest BCUT2D eigenvalue weighted by Gasteiger charge is 2.36. The molecular formula is C19H24N6O3S. The summed E-state index contributed by atoms with van der Waals surface area (Å²) in [5.41, 5.74) is 4.57. The molecule has 9 nitrogen and oxygen atoms in total. The van der Waals surface area contributed by atoms with Gasteiger partial charge in [0.25, 0.3) is 0 Å². The van der Waals surface area contributed by atoms with Crippen molar-refractivity contribution < 1.29 is 12.8 Å². The number of sulfonamides is 1. The SMILES string of the molecule is Cc1nn(C)c(C)c1S(=O)(=O)N1CCc2c(c(-c3cocn3)nn2CC2CC2)C1. The van der Waals surface area contributed by atoms with Crippen LogP contribution in [0.25, 0.3) is 11.4 Å². The molecule has 10 heteroatoms. The second-order valence-electron chi connectivity index (χ2n) is 7.99. The Labute approximate surface area is 169 Å². The Balaban J connectivity index is 1.55. The number of aromatic nitrogens is 5. The van der Waals surface area contributed by atoms with Gasteiger partial charge < -0.3 is 4.42 Å². The van der Waals surface area contributed by atoms with Crippen LogP contribution >= 0.6 is 0 Å². The van der Waals surface area contributed by atoms with E-state index < -0.39 is 10.0 Å². The number of oxazole rings is 1. The van der Waals surface area contributed by atoms with E-state index in [2.05, 4.69) is 14.8 Å². The first kappa shape index (κ1) is 18.6. The van der Waals surface area contributed by atoms with Crippen LogP contribution in [0.4, 0.5) is 0 Å². The van der Waals surface area contributed by atoms with Gasteiger partial charge in [0.05, 0.1) is 11.4 Å². The van der Waals surface area contributed by atoms with Crippen LogP contribution in [0.1, 0.15) is 35.5 Å². The summed E-state index contributed by atoms with van der Waals surface area (Å²) in [7, 11) is -1.90. The van der Waals surface area contributed by atoms with Gasteiger partial charge >= 0.3 is 0 Å². The summed E-state index contributed by atoms with van der Waals surface area (Å²) in [6.45, 7) is 5.12. The lowest BCUT2D eigenvalue weighted by Gasteiger charge is -2.27. The third-order valence-electron chi connectivity index (χ3n) is 5.94. The third-order valence-corrected chi connectivity index (χ3v) is 8.04. The smallest absolute Gasteiger partial charge is 0.247 e. The molecule has 1 saturated carbocycles. The largest absolute Gasteiger partial charge is 0.451 e. The minimum absolute atomic E-state index is 0.276. The molecule has 1 aliphatic heterocycles. The van der Waals surface area contributed by atoms with Gasteiger partial charge in [-0.2, -0.15) is 14.5 Å². The lowest BCUT2D eigenvalue weighted by molar-refractivity contribution is 0.381. The number of rotatable bonds is 5. The maximum Gasteiger partial charge on any atom is 0.247 e. The summed E-state index contributed by atoms with van der Waals surface area (Å²) in [5.74, 6) is 0.673. The van der Waals surface area contributed by atoms with Crippen LogP contribution in [0.2, 0.25) is 0 Å². The molecule has 0 unspecified atom stereocenters. The van der Waals surface area contributed by atoms with E-state index in [1.807, 2.05) is 0 Å². The van der Waals surface area contributed by atoms with Crippen LogP contribution in [0.5, 0.6) is 0 Å². The molecule has 0 saturated heterocycles. The molecular weight excluding hydrogens is 392 g/mol. The molecule has 0 N–H and O–H groups in total. The van der Waals surface area contributed by atoms with Gasteiger partial charge in [0.2, 0.25) is 10.0 Å². The molecule has 0 radical (unpaired) electrons. The fraction of sp³-hybridized carbons (Fsp3) is 0.526. The quantitative estimate of drug-likeness (QED) is 0.631. The summed E-state index contributed by atoms with van der Waals surface area (Å²) < 4.78 is 37.3. The fourth-order valence-corrected chi connectivity index (χ4v) is 5.97. The highest BCUT2D eigenvalue weighted by atomic mass is 32.2. The van der Waals surface area contributed by atoms with Gasteiger partial charge in [-0.1, -0.05) is 0 Å². The Morgan fingerprint density at radius 2 is 2.03 bits per heavy atom. The zero-order valence-electron chi connectivity index (χ0n) is 16.8. The molecule has 0 atom stereocenters. The monoisotopic (exact) mass is 416 g/mol. The van der Waals surface area contributed by atoms with Crippen molar-refractivity contribution in [2.75, 3.05) is 6.54 Å². The van der Waals surface area contributed by atoms with Gasteiger partial charge in [-0.25, -0.2) is 13.4 Å². The first-order chi connectivity index (χ1) is 13.9. The number of hydrogen-bond donors (Lipinski definition) is 0. The molecule has 0 amide bonds. The molecule has 0 bridgehead atoms. The number of aryl methyl sites for hydroxylation is 2. The molecule has 4 heterocycles. The molecule has 0 aromatic carbocycles. The summed E-state index contributed by atoms with van der Waals surface area (Å²) in [4.78, 5) is 4.56. The molecule has 5 rings (SSSR count). The van der Waals surface area contributed by atoms with Crippen molar-refractivity contribution >= 4 is 10.0 Å². The Morgan fingerprint density at radius 1 is 1.24 bits per heavy atom. The maximum absolute atomic E-state index is 13.5. The Hall–Kier alpha value is -2.46. The maximum atomic E-state index is 13.5. The first-order valence-corrected chi connectivity index (χ1v) is 11.3. The molecule has 3 aromatic rings. The van der Waals surface area contributed by atoms with Crippen LogP contribution in [0, 0.1) is 19.8 Å². The van der Waals surface area contributed by atoms with Gasteiger partial charge in [0.15, 0.2) is 6.39 Å². The van der Waals surface area contributed by atoms with Crippen LogP contribution in [-0.2, 0) is 36.6 Å². The third kappa shape index (κ3) is 3.01. The summed E-state index contributed by atoms with van der Waals surface area (Å²) in [5, 5.41) is 9.09. The molecule has 0 spiro atoms. The van der Waals surface area contributed by atoms with Crippen molar-refractivity contribution in [3.05, 3.63) is 35.3 Å². The number of fused-ring (bicyclic) bond motifs is 1. The van der Waals surface area contributed by atoms with Crippen molar-refractivity contribution in [3.8, 4) is 11.4 Å². The Morgan fingerprint density at radius 3 is 2.66 bits per heavy atom. The summed E-state index contributed by atoms with van der Waals surface area (Å²) in [6.07, 6.45) is 6.03. The van der Waals surface area contributed by atoms with Crippen LogP contribution in [0.3, 0.4) is 0 Å². The van der Waals surface area contributed by atoms with E-state index in [1.54, 1.807) is 36.1 Å². The number of nitrogens with zero attached hydrogens (tertiary/aromatic N) is 6. The Kier molecular flexibility index (Phi) is 4.18. The predicted molar refractivity (Wildman–Crippen MR) is 104 cm³/mol. The highest BCUT2D eigenvalue weighted by molar-refractivity contribution is 7.89. The zero-order chi connectivity index (χ0) is 20.3. The summed E-state index contributed by atoms with van der Waals surface area (Å²) >= 11 is 0. The lowest BCUT2D eigenvalue weighted by atomic mass is 10.1. The van der Waals surface area contributed by atoms with E-state index in [4.69, 9.17) is 9.52 Å². The van der Waals surface area contributed by atoms with E-state index in [1.165, 1.54) is 19.2 Å². The topological polar surface area (TPSA) is 99.1 Å². The van der Waals surface area contributed by atoms with E-state index in [0.29, 0.717) is 46.6 Å². The van der Waals surface area contributed by atoms with E-state index in [0.717, 1.165) is 17.8 Å². The first-order valence-electron chi connectivity index (χ1n) is 9.83. The van der Waals surface area contributed by atoms with E-state index in [9.17, 15) is 8.42 Å². The minimum Gasteiger partial charge on any atom is -0.451 e. The second kappa shape index (κ2) is 6.53. The highest BCUT2D eigenvalue weighted by Crippen LogP contribution is 2.36. The second-order valence-corrected chi connectivity index (χ2v) is 9.86. The molecule has 1 aliphatic carbocycles.